The largest absolute Gasteiger partial charge is 0.264 e. The molecule has 0 radical (unpaired) electrons. The number of halogens is 1. The summed E-state index contributed by atoms with van der Waals surface area (Å²) in [6.45, 7) is 3.67. The van der Waals surface area contributed by atoms with E-state index in [-0.39, 0.29) is 0 Å². The Kier molecular flexibility index (Phi) is 3.30. The van der Waals surface area contributed by atoms with Crippen molar-refractivity contribution < 1.29 is 0 Å². The summed E-state index contributed by atoms with van der Waals surface area (Å²) in [5, 5.41) is 0. The van der Waals surface area contributed by atoms with Crippen molar-refractivity contribution in [2.24, 2.45) is 0 Å². The Morgan fingerprint density at radius 1 is 1.64 bits per heavy atom. The van der Waals surface area contributed by atoms with Gasteiger partial charge in [-0.1, -0.05) is 6.08 Å². The average Bonchev–Trinajstić information content (AvgIpc) is 2.03. The molecule has 58 valence electrons. The van der Waals surface area contributed by atoms with Crippen LogP contribution >= 0.6 is 15.9 Å². The Morgan fingerprint density at radius 3 is 3.09 bits per heavy atom. The van der Waals surface area contributed by atoms with Crippen molar-refractivity contribution in [2.45, 2.75) is 12.8 Å². The molecule has 1 aromatic heterocycles. The summed E-state index contributed by atoms with van der Waals surface area (Å²) in [5.41, 5.74) is 1.29. The number of aromatic nitrogens is 1. The maximum atomic E-state index is 3.98. The predicted octanol–water partition coefficient (Wildman–Crippen LogP) is 2.96. The average molecular weight is 212 g/mol. The molecular formula is C9H10BrN. The number of nitrogens with zero attached hydrogens (tertiary/aromatic N) is 1. The number of pyridine rings is 1. The molecule has 0 aliphatic heterocycles. The van der Waals surface area contributed by atoms with Gasteiger partial charge < -0.3 is 0 Å². The number of hydrogen-bond acceptors (Lipinski definition) is 1. The van der Waals surface area contributed by atoms with E-state index in [0.29, 0.717) is 0 Å². The van der Waals surface area contributed by atoms with Gasteiger partial charge in [0.25, 0.3) is 0 Å². The molecule has 0 aliphatic rings. The summed E-state index contributed by atoms with van der Waals surface area (Å²) >= 11 is 3.43. The second-order valence-electron chi connectivity index (χ2n) is 2.29. The highest BCUT2D eigenvalue weighted by Gasteiger charge is 1.95. The fraction of sp³-hybridized carbons (Fsp3) is 0.222. The first-order valence-corrected chi connectivity index (χ1v) is 4.33. The number of hydrogen-bond donors (Lipinski definition) is 0. The Bertz CT molecular complexity index is 245. The molecule has 0 saturated heterocycles. The van der Waals surface area contributed by atoms with Crippen molar-refractivity contribution in [2.75, 3.05) is 0 Å². The first-order chi connectivity index (χ1) is 5.34. The van der Waals surface area contributed by atoms with Gasteiger partial charge in [-0.3, -0.25) is 4.98 Å². The van der Waals surface area contributed by atoms with Crippen molar-refractivity contribution in [3.05, 3.63) is 41.2 Å². The monoisotopic (exact) mass is 211 g/mol. The zero-order valence-electron chi connectivity index (χ0n) is 6.26. The van der Waals surface area contributed by atoms with E-state index in [1.54, 1.807) is 0 Å². The molecule has 1 nitrogen and oxygen atoms in total. The van der Waals surface area contributed by atoms with Crippen LogP contribution in [0.1, 0.15) is 12.0 Å². The lowest BCUT2D eigenvalue weighted by Crippen LogP contribution is -1.85. The maximum Gasteiger partial charge on any atom is 0.0412 e. The van der Waals surface area contributed by atoms with Crippen molar-refractivity contribution in [1.82, 2.24) is 4.98 Å². The molecule has 0 aromatic carbocycles. The van der Waals surface area contributed by atoms with Crippen LogP contribution in [0.4, 0.5) is 0 Å². The molecule has 1 aromatic rings. The van der Waals surface area contributed by atoms with Gasteiger partial charge in [0.15, 0.2) is 0 Å². The molecule has 1 rings (SSSR count). The second-order valence-corrected chi connectivity index (χ2v) is 3.15. The van der Waals surface area contributed by atoms with Gasteiger partial charge >= 0.3 is 0 Å². The van der Waals surface area contributed by atoms with E-state index in [1.165, 1.54) is 5.56 Å². The van der Waals surface area contributed by atoms with E-state index in [0.717, 1.165) is 17.3 Å². The first-order valence-electron chi connectivity index (χ1n) is 3.54. The Hall–Kier alpha value is -0.630. The molecule has 0 spiro atoms. The molecular weight excluding hydrogens is 202 g/mol. The highest BCUT2D eigenvalue weighted by atomic mass is 79.9. The van der Waals surface area contributed by atoms with Crippen LogP contribution in [0.25, 0.3) is 0 Å². The van der Waals surface area contributed by atoms with E-state index < -0.39 is 0 Å². The first kappa shape index (κ1) is 8.47. The maximum absolute atomic E-state index is 3.98. The van der Waals surface area contributed by atoms with E-state index >= 15 is 0 Å². The van der Waals surface area contributed by atoms with Gasteiger partial charge in [-0.05, 0) is 40.4 Å². The molecule has 2 heteroatoms. The SMILES string of the molecule is C=CCCc1ccncc1Br. The molecule has 1 heterocycles. The van der Waals surface area contributed by atoms with Crippen LogP contribution in [0.15, 0.2) is 35.6 Å². The van der Waals surface area contributed by atoms with Crippen molar-refractivity contribution in [1.29, 1.82) is 0 Å². The van der Waals surface area contributed by atoms with E-state index in [2.05, 4.69) is 27.5 Å². The third-order valence-corrected chi connectivity index (χ3v) is 2.19. The van der Waals surface area contributed by atoms with Crippen LogP contribution in [0.2, 0.25) is 0 Å². The molecule has 0 bridgehead atoms. The molecule has 0 N–H and O–H groups in total. The highest BCUT2D eigenvalue weighted by molar-refractivity contribution is 9.10. The number of rotatable bonds is 3. The minimum Gasteiger partial charge on any atom is -0.264 e. The fourth-order valence-electron chi connectivity index (χ4n) is 0.864. The summed E-state index contributed by atoms with van der Waals surface area (Å²) in [4.78, 5) is 3.98. The Balaban J connectivity index is 2.69. The zero-order chi connectivity index (χ0) is 8.10. The van der Waals surface area contributed by atoms with Gasteiger partial charge in [-0.15, -0.1) is 6.58 Å². The summed E-state index contributed by atoms with van der Waals surface area (Å²) < 4.78 is 1.09. The lowest BCUT2D eigenvalue weighted by Gasteiger charge is -1.99. The Morgan fingerprint density at radius 2 is 2.45 bits per heavy atom. The Labute approximate surface area is 75.3 Å². The highest BCUT2D eigenvalue weighted by Crippen LogP contribution is 2.15. The topological polar surface area (TPSA) is 12.9 Å². The summed E-state index contributed by atoms with van der Waals surface area (Å²) in [7, 11) is 0. The molecule has 0 atom stereocenters. The molecule has 0 amide bonds. The molecule has 0 unspecified atom stereocenters. The number of aryl methyl sites for hydroxylation is 1. The van der Waals surface area contributed by atoms with Crippen LogP contribution in [0.5, 0.6) is 0 Å². The predicted molar refractivity (Wildman–Crippen MR) is 50.5 cm³/mol. The van der Waals surface area contributed by atoms with E-state index in [9.17, 15) is 0 Å². The van der Waals surface area contributed by atoms with Crippen molar-refractivity contribution in [3.8, 4) is 0 Å². The lowest BCUT2D eigenvalue weighted by atomic mass is 10.1. The summed E-state index contributed by atoms with van der Waals surface area (Å²) in [5.74, 6) is 0. The van der Waals surface area contributed by atoms with Crippen LogP contribution in [-0.2, 0) is 6.42 Å². The number of allylic oxidation sites excluding steroid dienone is 1. The molecule has 11 heavy (non-hydrogen) atoms. The van der Waals surface area contributed by atoms with E-state index in [4.69, 9.17) is 0 Å². The molecule has 0 fully saturated rings. The van der Waals surface area contributed by atoms with Gasteiger partial charge in [0, 0.05) is 16.9 Å². The lowest BCUT2D eigenvalue weighted by molar-refractivity contribution is 0.988. The standard InChI is InChI=1S/C9H10BrN/c1-2-3-4-8-5-6-11-7-9(8)10/h2,5-7H,1,3-4H2. The van der Waals surface area contributed by atoms with Gasteiger partial charge in [0.2, 0.25) is 0 Å². The third kappa shape index (κ3) is 2.46. The summed E-state index contributed by atoms with van der Waals surface area (Å²) in [6.07, 6.45) is 7.60. The van der Waals surface area contributed by atoms with Crippen molar-refractivity contribution >= 4 is 15.9 Å². The van der Waals surface area contributed by atoms with Gasteiger partial charge in [-0.25, -0.2) is 0 Å². The third-order valence-electron chi connectivity index (χ3n) is 1.47. The van der Waals surface area contributed by atoms with Crippen LogP contribution in [0.3, 0.4) is 0 Å². The fourth-order valence-corrected chi connectivity index (χ4v) is 1.31. The normalized spacial score (nSPS) is 9.55. The van der Waals surface area contributed by atoms with Crippen LogP contribution in [-0.4, -0.2) is 4.98 Å². The van der Waals surface area contributed by atoms with Gasteiger partial charge in [0.1, 0.15) is 0 Å². The quantitative estimate of drug-likeness (QED) is 0.702. The van der Waals surface area contributed by atoms with Gasteiger partial charge in [0.05, 0.1) is 0 Å². The zero-order valence-corrected chi connectivity index (χ0v) is 7.84. The second kappa shape index (κ2) is 4.29. The smallest absolute Gasteiger partial charge is 0.0412 e. The van der Waals surface area contributed by atoms with Gasteiger partial charge in [-0.2, -0.15) is 0 Å². The van der Waals surface area contributed by atoms with Crippen LogP contribution in [0, 0.1) is 0 Å². The van der Waals surface area contributed by atoms with Crippen LogP contribution < -0.4 is 0 Å². The minimum atomic E-state index is 1.02. The molecule has 0 saturated carbocycles. The summed E-state index contributed by atoms with van der Waals surface area (Å²) in [6, 6.07) is 2.02. The van der Waals surface area contributed by atoms with Crippen molar-refractivity contribution in [3.63, 3.8) is 0 Å². The molecule has 0 aliphatic carbocycles. The minimum absolute atomic E-state index is 1.02. The van der Waals surface area contributed by atoms with E-state index in [1.807, 2.05) is 24.5 Å².